The molecule has 0 aliphatic heterocycles. The van der Waals surface area contributed by atoms with E-state index in [9.17, 15) is 4.79 Å². The molecule has 1 aromatic carbocycles. The van der Waals surface area contributed by atoms with Gasteiger partial charge in [0.1, 0.15) is 0 Å². The van der Waals surface area contributed by atoms with Crippen LogP contribution in [0.4, 0.5) is 11.6 Å². The van der Waals surface area contributed by atoms with Crippen LogP contribution in [0.15, 0.2) is 42.9 Å². The molecular formula is C22H25N5O2. The Kier molecular flexibility index (Phi) is 5.55. The average molecular weight is 391 g/mol. The lowest BCUT2D eigenvalue weighted by molar-refractivity contribution is 0.0601. The molecule has 4 rings (SSSR count). The number of methoxy groups -OCH3 is 1. The number of nitrogens with one attached hydrogen (secondary N) is 1. The summed E-state index contributed by atoms with van der Waals surface area (Å²) in [6.45, 7) is 1.97. The van der Waals surface area contributed by atoms with Crippen LogP contribution in [0.5, 0.6) is 0 Å². The van der Waals surface area contributed by atoms with Crippen LogP contribution in [-0.4, -0.2) is 32.8 Å². The fraction of sp³-hybridized carbons (Fsp3) is 0.364. The summed E-state index contributed by atoms with van der Waals surface area (Å²) in [6, 6.07) is 7.70. The van der Waals surface area contributed by atoms with Gasteiger partial charge in [0, 0.05) is 18.0 Å². The Morgan fingerprint density at radius 2 is 1.90 bits per heavy atom. The molecule has 2 aromatic heterocycles. The summed E-state index contributed by atoms with van der Waals surface area (Å²) < 4.78 is 6.81. The summed E-state index contributed by atoms with van der Waals surface area (Å²) in [6.07, 6.45) is 11.9. The number of ether oxygens (including phenoxy) is 1. The van der Waals surface area contributed by atoms with Crippen LogP contribution in [-0.2, 0) is 4.74 Å². The second-order valence-corrected chi connectivity index (χ2v) is 7.42. The minimum atomic E-state index is -0.353. The Hall–Kier alpha value is -3.22. The number of nitrogens with zero attached hydrogens (tertiary/aromatic N) is 4. The number of aromatic nitrogens is 4. The number of rotatable bonds is 5. The molecular weight excluding hydrogens is 366 g/mol. The predicted octanol–water partition coefficient (Wildman–Crippen LogP) is 4.68. The van der Waals surface area contributed by atoms with Gasteiger partial charge in [-0.25, -0.2) is 14.8 Å². The molecule has 1 aliphatic rings. The molecule has 0 spiro atoms. The van der Waals surface area contributed by atoms with Crippen LogP contribution >= 0.6 is 0 Å². The van der Waals surface area contributed by atoms with Crippen molar-refractivity contribution in [1.82, 2.24) is 19.7 Å². The van der Waals surface area contributed by atoms with Gasteiger partial charge in [0.15, 0.2) is 0 Å². The number of anilines is 2. The molecule has 1 fully saturated rings. The van der Waals surface area contributed by atoms with Gasteiger partial charge in [0.05, 0.1) is 36.3 Å². The molecule has 7 heteroatoms. The summed E-state index contributed by atoms with van der Waals surface area (Å²) in [5, 5.41) is 7.78. The molecule has 0 unspecified atom stereocenters. The Morgan fingerprint density at radius 1 is 1.14 bits per heavy atom. The molecule has 1 aliphatic carbocycles. The topological polar surface area (TPSA) is 81.9 Å². The highest BCUT2D eigenvalue weighted by Crippen LogP contribution is 2.29. The van der Waals surface area contributed by atoms with Gasteiger partial charge in [-0.1, -0.05) is 31.4 Å². The maximum Gasteiger partial charge on any atom is 0.337 e. The van der Waals surface area contributed by atoms with E-state index in [1.807, 2.05) is 31.5 Å². The summed E-state index contributed by atoms with van der Waals surface area (Å²) >= 11 is 0. The normalized spacial score (nSPS) is 14.6. The maximum atomic E-state index is 11.6. The SMILES string of the molecule is COC(=O)c1ccc(-c2nc(Nc3cnn(C4CCCCC4)c3)ncc2C)cc1. The van der Waals surface area contributed by atoms with E-state index in [2.05, 4.69) is 25.1 Å². The predicted molar refractivity (Wildman–Crippen MR) is 111 cm³/mol. The van der Waals surface area contributed by atoms with Crippen LogP contribution in [0, 0.1) is 6.92 Å². The van der Waals surface area contributed by atoms with Crippen molar-refractivity contribution >= 4 is 17.6 Å². The molecule has 0 saturated heterocycles. The van der Waals surface area contributed by atoms with Crippen LogP contribution in [0.2, 0.25) is 0 Å². The van der Waals surface area contributed by atoms with Crippen LogP contribution < -0.4 is 5.32 Å². The van der Waals surface area contributed by atoms with E-state index in [1.165, 1.54) is 39.2 Å². The number of esters is 1. The zero-order chi connectivity index (χ0) is 20.2. The number of hydrogen-bond donors (Lipinski definition) is 1. The second-order valence-electron chi connectivity index (χ2n) is 7.42. The molecule has 150 valence electrons. The third-order valence-electron chi connectivity index (χ3n) is 5.36. The Balaban J connectivity index is 1.53. The van der Waals surface area contributed by atoms with Crippen molar-refractivity contribution in [3.8, 4) is 11.3 Å². The standard InChI is InChI=1S/C22H25N5O2/c1-15-12-23-22(25-18-13-24-27(14-18)19-6-4-3-5-7-19)26-20(15)16-8-10-17(11-9-16)21(28)29-2/h8-14,19H,3-7H2,1-2H3,(H,23,25,26). The van der Waals surface area contributed by atoms with Crippen molar-refractivity contribution in [3.05, 3.63) is 54.0 Å². The Labute approximate surface area is 170 Å². The lowest BCUT2D eigenvalue weighted by Crippen LogP contribution is -2.12. The van der Waals surface area contributed by atoms with Gasteiger partial charge in [-0.05, 0) is 37.5 Å². The second kappa shape index (κ2) is 8.43. The highest BCUT2D eigenvalue weighted by atomic mass is 16.5. The highest BCUT2D eigenvalue weighted by molar-refractivity contribution is 5.89. The van der Waals surface area contributed by atoms with Gasteiger partial charge in [-0.15, -0.1) is 0 Å². The zero-order valence-electron chi connectivity index (χ0n) is 16.8. The quantitative estimate of drug-likeness (QED) is 0.636. The first-order valence-corrected chi connectivity index (χ1v) is 9.97. The van der Waals surface area contributed by atoms with Gasteiger partial charge < -0.3 is 10.1 Å². The van der Waals surface area contributed by atoms with E-state index in [-0.39, 0.29) is 5.97 Å². The van der Waals surface area contributed by atoms with Gasteiger partial charge in [0.25, 0.3) is 0 Å². The molecule has 29 heavy (non-hydrogen) atoms. The summed E-state index contributed by atoms with van der Waals surface area (Å²) in [7, 11) is 1.37. The molecule has 0 radical (unpaired) electrons. The minimum Gasteiger partial charge on any atom is -0.465 e. The van der Waals surface area contributed by atoms with Crippen LogP contribution in [0.1, 0.15) is 54.1 Å². The third-order valence-corrected chi connectivity index (χ3v) is 5.36. The average Bonchev–Trinajstić information content (AvgIpc) is 3.24. The number of benzene rings is 1. The smallest absolute Gasteiger partial charge is 0.337 e. The van der Waals surface area contributed by atoms with E-state index in [0.717, 1.165) is 22.5 Å². The number of carbonyl (C=O) groups is 1. The molecule has 7 nitrogen and oxygen atoms in total. The molecule has 3 aromatic rings. The van der Waals surface area contributed by atoms with Gasteiger partial charge in [-0.2, -0.15) is 5.10 Å². The lowest BCUT2D eigenvalue weighted by Gasteiger charge is -2.21. The Bertz CT molecular complexity index is 991. The molecule has 1 saturated carbocycles. The maximum absolute atomic E-state index is 11.6. The fourth-order valence-electron chi connectivity index (χ4n) is 3.75. The number of carbonyl (C=O) groups excluding carboxylic acids is 1. The summed E-state index contributed by atoms with van der Waals surface area (Å²) in [5.41, 5.74) is 4.08. The van der Waals surface area contributed by atoms with E-state index in [0.29, 0.717) is 17.6 Å². The van der Waals surface area contributed by atoms with Crippen LogP contribution in [0.3, 0.4) is 0 Å². The summed E-state index contributed by atoms with van der Waals surface area (Å²) in [5.74, 6) is 0.166. The first kappa shape index (κ1) is 19.1. The molecule has 0 atom stereocenters. The zero-order valence-corrected chi connectivity index (χ0v) is 16.8. The van der Waals surface area contributed by atoms with Crippen molar-refractivity contribution in [1.29, 1.82) is 0 Å². The highest BCUT2D eigenvalue weighted by Gasteiger charge is 2.16. The lowest BCUT2D eigenvalue weighted by atomic mass is 9.96. The molecule has 0 amide bonds. The van der Waals surface area contributed by atoms with Crippen LogP contribution in [0.25, 0.3) is 11.3 Å². The fourth-order valence-corrected chi connectivity index (χ4v) is 3.75. The first-order valence-electron chi connectivity index (χ1n) is 9.97. The molecule has 1 N–H and O–H groups in total. The minimum absolute atomic E-state index is 0.353. The van der Waals surface area contributed by atoms with Crippen molar-refractivity contribution in [2.45, 2.75) is 45.1 Å². The van der Waals surface area contributed by atoms with Crippen molar-refractivity contribution < 1.29 is 9.53 Å². The Morgan fingerprint density at radius 3 is 2.62 bits per heavy atom. The van der Waals surface area contributed by atoms with Gasteiger partial charge >= 0.3 is 5.97 Å². The monoisotopic (exact) mass is 391 g/mol. The van der Waals surface area contributed by atoms with E-state index < -0.39 is 0 Å². The van der Waals surface area contributed by atoms with Gasteiger partial charge in [-0.3, -0.25) is 4.68 Å². The largest absolute Gasteiger partial charge is 0.465 e. The molecule has 0 bridgehead atoms. The van der Waals surface area contributed by atoms with Crippen molar-refractivity contribution in [3.63, 3.8) is 0 Å². The number of hydrogen-bond acceptors (Lipinski definition) is 6. The first-order chi connectivity index (χ1) is 14.1. The van der Waals surface area contributed by atoms with Gasteiger partial charge in [0.2, 0.25) is 5.95 Å². The molecule has 2 heterocycles. The summed E-state index contributed by atoms with van der Waals surface area (Å²) in [4.78, 5) is 20.7. The van der Waals surface area contributed by atoms with E-state index >= 15 is 0 Å². The third kappa shape index (κ3) is 4.29. The van der Waals surface area contributed by atoms with Crippen molar-refractivity contribution in [2.24, 2.45) is 0 Å². The van der Waals surface area contributed by atoms with E-state index in [4.69, 9.17) is 4.74 Å². The number of aryl methyl sites for hydroxylation is 1. The van der Waals surface area contributed by atoms with Crippen molar-refractivity contribution in [2.75, 3.05) is 12.4 Å². The van der Waals surface area contributed by atoms with E-state index in [1.54, 1.807) is 18.3 Å².